The van der Waals surface area contributed by atoms with Gasteiger partial charge in [-0.3, -0.25) is 0 Å². The van der Waals surface area contributed by atoms with Gasteiger partial charge in [0.25, 0.3) is 0 Å². The smallest absolute Gasteiger partial charge is 0.162 e. The first-order valence-corrected chi connectivity index (χ1v) is 5.00. The molecule has 4 nitrogen and oxygen atoms in total. The lowest BCUT2D eigenvalue weighted by Crippen LogP contribution is -2.21. The molecule has 0 N–H and O–H groups in total. The summed E-state index contributed by atoms with van der Waals surface area (Å²) in [6.07, 6.45) is 3.24. The Morgan fingerprint density at radius 1 is 1.57 bits per heavy atom. The van der Waals surface area contributed by atoms with Crippen LogP contribution in [-0.4, -0.2) is 18.1 Å². The Bertz CT molecular complexity index is 279. The summed E-state index contributed by atoms with van der Waals surface area (Å²) in [5.41, 5.74) is 0.883. The van der Waals surface area contributed by atoms with E-state index in [1.54, 1.807) is 0 Å². The molecule has 0 bridgehead atoms. The highest BCUT2D eigenvalue weighted by molar-refractivity contribution is 5.01. The molecular formula is C10H15NO3. The Morgan fingerprint density at radius 3 is 3.14 bits per heavy atom. The van der Waals surface area contributed by atoms with Crippen LogP contribution in [0.25, 0.3) is 0 Å². The van der Waals surface area contributed by atoms with E-state index in [0.717, 1.165) is 30.9 Å². The Balaban J connectivity index is 1.76. The molecular weight excluding hydrogens is 182 g/mol. The molecule has 0 radical (unpaired) electrons. The molecule has 1 fully saturated rings. The van der Waals surface area contributed by atoms with Crippen molar-refractivity contribution >= 4 is 0 Å². The maximum atomic E-state index is 5.53. The second kappa shape index (κ2) is 4.57. The number of aromatic nitrogens is 1. The van der Waals surface area contributed by atoms with E-state index in [-0.39, 0.29) is 6.29 Å². The maximum absolute atomic E-state index is 5.53. The van der Waals surface area contributed by atoms with Crippen LogP contribution >= 0.6 is 0 Å². The van der Waals surface area contributed by atoms with Crippen molar-refractivity contribution in [2.24, 2.45) is 0 Å². The SMILES string of the molecule is Cc1cc(COC2CCCCO2)on1. The van der Waals surface area contributed by atoms with Gasteiger partial charge in [-0.1, -0.05) is 5.16 Å². The Labute approximate surface area is 83.2 Å². The van der Waals surface area contributed by atoms with Crippen molar-refractivity contribution in [3.63, 3.8) is 0 Å². The van der Waals surface area contributed by atoms with Crippen LogP contribution in [0.4, 0.5) is 0 Å². The average Bonchev–Trinajstić information content (AvgIpc) is 2.63. The van der Waals surface area contributed by atoms with Crippen molar-refractivity contribution in [3.8, 4) is 0 Å². The highest BCUT2D eigenvalue weighted by Crippen LogP contribution is 2.15. The van der Waals surface area contributed by atoms with E-state index in [2.05, 4.69) is 5.16 Å². The van der Waals surface area contributed by atoms with Crippen molar-refractivity contribution in [2.45, 2.75) is 39.1 Å². The van der Waals surface area contributed by atoms with Gasteiger partial charge in [0.2, 0.25) is 0 Å². The molecule has 0 saturated carbocycles. The van der Waals surface area contributed by atoms with E-state index in [0.29, 0.717) is 6.61 Å². The Morgan fingerprint density at radius 2 is 2.50 bits per heavy atom. The van der Waals surface area contributed by atoms with Gasteiger partial charge >= 0.3 is 0 Å². The van der Waals surface area contributed by atoms with Gasteiger partial charge in [-0.25, -0.2) is 0 Å². The third-order valence-electron chi connectivity index (χ3n) is 2.23. The molecule has 1 unspecified atom stereocenters. The second-order valence-corrected chi connectivity index (χ2v) is 3.54. The standard InChI is InChI=1S/C10H15NO3/c1-8-6-9(14-11-8)7-13-10-4-2-3-5-12-10/h6,10H,2-5,7H2,1H3. The maximum Gasteiger partial charge on any atom is 0.162 e. The summed E-state index contributed by atoms with van der Waals surface area (Å²) in [6.45, 7) is 3.15. The average molecular weight is 197 g/mol. The fourth-order valence-corrected chi connectivity index (χ4v) is 1.50. The van der Waals surface area contributed by atoms with Crippen molar-refractivity contribution in [1.29, 1.82) is 0 Å². The van der Waals surface area contributed by atoms with Crippen LogP contribution in [0.1, 0.15) is 30.7 Å². The molecule has 1 aromatic heterocycles. The number of hydrogen-bond donors (Lipinski definition) is 0. The molecule has 4 heteroatoms. The van der Waals surface area contributed by atoms with Crippen LogP contribution in [-0.2, 0) is 16.1 Å². The van der Waals surface area contributed by atoms with Crippen molar-refractivity contribution in [1.82, 2.24) is 5.16 Å². The molecule has 1 aliphatic heterocycles. The van der Waals surface area contributed by atoms with Crippen LogP contribution in [0.15, 0.2) is 10.6 Å². The minimum Gasteiger partial charge on any atom is -0.359 e. The highest BCUT2D eigenvalue weighted by Gasteiger charge is 2.14. The van der Waals surface area contributed by atoms with Gasteiger partial charge in [0.05, 0.1) is 5.69 Å². The summed E-state index contributed by atoms with van der Waals surface area (Å²) < 4.78 is 16.0. The number of aryl methyl sites for hydroxylation is 1. The number of ether oxygens (including phenoxy) is 2. The van der Waals surface area contributed by atoms with E-state index in [1.807, 2.05) is 13.0 Å². The molecule has 1 atom stereocenters. The van der Waals surface area contributed by atoms with Crippen LogP contribution in [0.2, 0.25) is 0 Å². The van der Waals surface area contributed by atoms with Crippen molar-refractivity contribution in [2.75, 3.05) is 6.61 Å². The molecule has 0 aromatic carbocycles. The zero-order chi connectivity index (χ0) is 9.80. The Hall–Kier alpha value is -0.870. The quantitative estimate of drug-likeness (QED) is 0.743. The number of nitrogens with zero attached hydrogens (tertiary/aromatic N) is 1. The Kier molecular flexibility index (Phi) is 3.16. The second-order valence-electron chi connectivity index (χ2n) is 3.54. The summed E-state index contributed by atoms with van der Waals surface area (Å²) in [5.74, 6) is 0.761. The van der Waals surface area contributed by atoms with E-state index in [1.165, 1.54) is 6.42 Å². The predicted octanol–water partition coefficient (Wildman–Crippen LogP) is 2.03. The molecule has 1 aromatic rings. The van der Waals surface area contributed by atoms with E-state index < -0.39 is 0 Å². The first-order valence-electron chi connectivity index (χ1n) is 5.00. The first-order chi connectivity index (χ1) is 6.84. The van der Waals surface area contributed by atoms with Gasteiger partial charge in [0, 0.05) is 12.7 Å². The zero-order valence-electron chi connectivity index (χ0n) is 8.36. The van der Waals surface area contributed by atoms with Gasteiger partial charge < -0.3 is 14.0 Å². The van der Waals surface area contributed by atoms with Gasteiger partial charge in [-0.15, -0.1) is 0 Å². The van der Waals surface area contributed by atoms with Crippen LogP contribution in [0, 0.1) is 6.92 Å². The lowest BCUT2D eigenvalue weighted by Gasteiger charge is -2.21. The molecule has 0 aliphatic carbocycles. The normalized spacial score (nSPS) is 22.5. The lowest BCUT2D eigenvalue weighted by atomic mass is 10.2. The van der Waals surface area contributed by atoms with Crippen molar-refractivity contribution in [3.05, 3.63) is 17.5 Å². The van der Waals surface area contributed by atoms with E-state index in [4.69, 9.17) is 14.0 Å². The van der Waals surface area contributed by atoms with Crippen molar-refractivity contribution < 1.29 is 14.0 Å². The van der Waals surface area contributed by atoms with Crippen LogP contribution < -0.4 is 0 Å². The first kappa shape index (κ1) is 9.68. The summed E-state index contributed by atoms with van der Waals surface area (Å²) in [4.78, 5) is 0. The lowest BCUT2D eigenvalue weighted by molar-refractivity contribution is -0.171. The van der Waals surface area contributed by atoms with Crippen LogP contribution in [0.5, 0.6) is 0 Å². The van der Waals surface area contributed by atoms with Gasteiger partial charge in [-0.2, -0.15) is 0 Å². The number of rotatable bonds is 3. The fraction of sp³-hybridized carbons (Fsp3) is 0.700. The molecule has 0 amide bonds. The van der Waals surface area contributed by atoms with Gasteiger partial charge in [0.1, 0.15) is 6.61 Å². The third kappa shape index (κ3) is 2.56. The molecule has 2 heterocycles. The van der Waals surface area contributed by atoms with Gasteiger partial charge in [0.15, 0.2) is 12.1 Å². The molecule has 1 aliphatic rings. The minimum atomic E-state index is -0.0610. The van der Waals surface area contributed by atoms with Crippen LogP contribution in [0.3, 0.4) is 0 Å². The fourth-order valence-electron chi connectivity index (χ4n) is 1.50. The van der Waals surface area contributed by atoms with Gasteiger partial charge in [-0.05, 0) is 26.2 Å². The molecule has 78 valence electrons. The molecule has 1 saturated heterocycles. The topological polar surface area (TPSA) is 44.5 Å². The number of hydrogen-bond acceptors (Lipinski definition) is 4. The summed E-state index contributed by atoms with van der Waals surface area (Å²) >= 11 is 0. The summed E-state index contributed by atoms with van der Waals surface area (Å²) in [5, 5.41) is 3.78. The molecule has 2 rings (SSSR count). The molecule has 14 heavy (non-hydrogen) atoms. The predicted molar refractivity (Wildman–Crippen MR) is 49.6 cm³/mol. The third-order valence-corrected chi connectivity index (χ3v) is 2.23. The summed E-state index contributed by atoms with van der Waals surface area (Å²) in [6, 6.07) is 1.88. The monoisotopic (exact) mass is 197 g/mol. The zero-order valence-corrected chi connectivity index (χ0v) is 8.36. The largest absolute Gasteiger partial charge is 0.359 e. The summed E-state index contributed by atoms with van der Waals surface area (Å²) in [7, 11) is 0. The minimum absolute atomic E-state index is 0.0610. The molecule has 0 spiro atoms. The van der Waals surface area contributed by atoms with E-state index in [9.17, 15) is 0 Å². The van der Waals surface area contributed by atoms with E-state index >= 15 is 0 Å². The highest BCUT2D eigenvalue weighted by atomic mass is 16.7.